The van der Waals surface area contributed by atoms with Crippen molar-refractivity contribution >= 4 is 27.5 Å². The molecule has 0 fully saturated rings. The van der Waals surface area contributed by atoms with Crippen LogP contribution in [0.25, 0.3) is 0 Å². The summed E-state index contributed by atoms with van der Waals surface area (Å²) in [6.07, 6.45) is 0. The molecule has 0 aliphatic heterocycles. The van der Waals surface area contributed by atoms with Gasteiger partial charge in [0.25, 0.3) is 0 Å². The molecule has 1 aromatic rings. The van der Waals surface area contributed by atoms with Crippen molar-refractivity contribution in [1.29, 1.82) is 0 Å². The molecule has 0 aliphatic rings. The summed E-state index contributed by atoms with van der Waals surface area (Å²) in [5, 5.41) is 0.618. The Labute approximate surface area is 110 Å². The van der Waals surface area contributed by atoms with Crippen LogP contribution in [0, 0.1) is 5.92 Å². The summed E-state index contributed by atoms with van der Waals surface area (Å²) in [5.41, 5.74) is 0. The Balaban J connectivity index is 2.29. The number of hydrogen-bond donors (Lipinski definition) is 0. The largest absolute Gasteiger partial charge is 0.490 e. The summed E-state index contributed by atoms with van der Waals surface area (Å²) >= 11 is 9.34. The molecule has 0 saturated carbocycles. The summed E-state index contributed by atoms with van der Waals surface area (Å²) in [5.74, 6) is 1.23. The van der Waals surface area contributed by atoms with Gasteiger partial charge in [0.15, 0.2) is 0 Å². The van der Waals surface area contributed by atoms with Crippen LogP contribution >= 0.6 is 27.5 Å². The van der Waals surface area contributed by atoms with Crippen molar-refractivity contribution in [3.05, 3.63) is 27.7 Å². The molecule has 1 aromatic carbocycles. The van der Waals surface area contributed by atoms with Crippen molar-refractivity contribution in [3.63, 3.8) is 0 Å². The second-order valence-corrected chi connectivity index (χ2v) is 5.21. The molecular formula is C12H16BrClO2. The number of hydrogen-bond acceptors (Lipinski definition) is 2. The molecule has 16 heavy (non-hydrogen) atoms. The van der Waals surface area contributed by atoms with Gasteiger partial charge in [-0.25, -0.2) is 0 Å². The Bertz CT molecular complexity index is 329. The number of halogens is 2. The standard InChI is InChI=1S/C12H16BrClO2/c1-9(2)8-15-5-6-16-12-7-10(13)3-4-11(12)14/h3-4,7,9H,5-6,8H2,1-2H3. The maximum absolute atomic E-state index is 5.97. The highest BCUT2D eigenvalue weighted by Crippen LogP contribution is 2.27. The van der Waals surface area contributed by atoms with Crippen molar-refractivity contribution in [3.8, 4) is 5.75 Å². The molecule has 0 spiro atoms. The van der Waals surface area contributed by atoms with Gasteiger partial charge in [-0.2, -0.15) is 0 Å². The van der Waals surface area contributed by atoms with Crippen molar-refractivity contribution in [2.24, 2.45) is 5.92 Å². The molecular weight excluding hydrogens is 291 g/mol. The molecule has 4 heteroatoms. The SMILES string of the molecule is CC(C)COCCOc1cc(Br)ccc1Cl. The van der Waals surface area contributed by atoms with Crippen LogP contribution in [0.3, 0.4) is 0 Å². The predicted octanol–water partition coefficient (Wildman–Crippen LogP) is 4.15. The average molecular weight is 308 g/mol. The summed E-state index contributed by atoms with van der Waals surface area (Å²) < 4.78 is 11.9. The fourth-order valence-electron chi connectivity index (χ4n) is 1.12. The zero-order chi connectivity index (χ0) is 12.0. The van der Waals surface area contributed by atoms with Gasteiger partial charge < -0.3 is 9.47 Å². The third-order valence-corrected chi connectivity index (χ3v) is 2.64. The fourth-order valence-corrected chi connectivity index (χ4v) is 1.63. The third kappa shape index (κ3) is 5.19. The van der Waals surface area contributed by atoms with Gasteiger partial charge in [0.05, 0.1) is 11.6 Å². The first-order chi connectivity index (χ1) is 7.59. The van der Waals surface area contributed by atoms with E-state index in [0.29, 0.717) is 29.9 Å². The van der Waals surface area contributed by atoms with Gasteiger partial charge in [0.1, 0.15) is 12.4 Å². The van der Waals surface area contributed by atoms with Gasteiger partial charge in [-0.05, 0) is 24.1 Å². The molecule has 0 heterocycles. The van der Waals surface area contributed by atoms with E-state index in [-0.39, 0.29) is 0 Å². The molecule has 0 aromatic heterocycles. The number of rotatable bonds is 6. The van der Waals surface area contributed by atoms with Crippen molar-refractivity contribution in [1.82, 2.24) is 0 Å². The molecule has 1 rings (SSSR count). The maximum Gasteiger partial charge on any atom is 0.139 e. The molecule has 0 bridgehead atoms. The number of benzene rings is 1. The predicted molar refractivity (Wildman–Crippen MR) is 70.3 cm³/mol. The van der Waals surface area contributed by atoms with Gasteiger partial charge in [0.2, 0.25) is 0 Å². The minimum atomic E-state index is 0.517. The quantitative estimate of drug-likeness (QED) is 0.735. The fraction of sp³-hybridized carbons (Fsp3) is 0.500. The molecule has 0 aliphatic carbocycles. The summed E-state index contributed by atoms with van der Waals surface area (Å²) in [4.78, 5) is 0. The van der Waals surface area contributed by atoms with E-state index in [0.717, 1.165) is 11.1 Å². The van der Waals surface area contributed by atoms with E-state index in [9.17, 15) is 0 Å². The van der Waals surface area contributed by atoms with Crippen LogP contribution in [0.15, 0.2) is 22.7 Å². The highest BCUT2D eigenvalue weighted by Gasteiger charge is 2.02. The lowest BCUT2D eigenvalue weighted by Gasteiger charge is -2.10. The molecule has 0 atom stereocenters. The first-order valence-corrected chi connectivity index (χ1v) is 6.42. The molecule has 0 N–H and O–H groups in total. The normalized spacial score (nSPS) is 10.8. The van der Waals surface area contributed by atoms with Crippen LogP contribution in [0.4, 0.5) is 0 Å². The Morgan fingerprint density at radius 1 is 1.31 bits per heavy atom. The average Bonchev–Trinajstić information content (AvgIpc) is 2.22. The Kier molecular flexibility index (Phi) is 6.17. The van der Waals surface area contributed by atoms with Gasteiger partial charge in [0, 0.05) is 11.1 Å². The minimum absolute atomic E-state index is 0.517. The van der Waals surface area contributed by atoms with Gasteiger partial charge in [-0.1, -0.05) is 41.4 Å². The van der Waals surface area contributed by atoms with E-state index in [4.69, 9.17) is 21.1 Å². The lowest BCUT2D eigenvalue weighted by atomic mass is 10.2. The van der Waals surface area contributed by atoms with Crippen molar-refractivity contribution in [2.45, 2.75) is 13.8 Å². The number of ether oxygens (including phenoxy) is 2. The Hall–Kier alpha value is -0.250. The first-order valence-electron chi connectivity index (χ1n) is 5.25. The first kappa shape index (κ1) is 13.8. The molecule has 0 amide bonds. The van der Waals surface area contributed by atoms with E-state index in [1.807, 2.05) is 12.1 Å². The second kappa shape index (κ2) is 7.15. The lowest BCUT2D eigenvalue weighted by molar-refractivity contribution is 0.0819. The Morgan fingerprint density at radius 3 is 2.75 bits per heavy atom. The van der Waals surface area contributed by atoms with Crippen molar-refractivity contribution < 1.29 is 9.47 Å². The van der Waals surface area contributed by atoms with Crippen LogP contribution in [0.2, 0.25) is 5.02 Å². The zero-order valence-corrected chi connectivity index (χ0v) is 11.8. The topological polar surface area (TPSA) is 18.5 Å². The van der Waals surface area contributed by atoms with E-state index in [2.05, 4.69) is 29.8 Å². The maximum atomic E-state index is 5.97. The Morgan fingerprint density at radius 2 is 2.06 bits per heavy atom. The molecule has 0 saturated heterocycles. The van der Waals surface area contributed by atoms with Crippen LogP contribution in [0.1, 0.15) is 13.8 Å². The molecule has 90 valence electrons. The molecule has 0 unspecified atom stereocenters. The van der Waals surface area contributed by atoms with E-state index >= 15 is 0 Å². The summed E-state index contributed by atoms with van der Waals surface area (Å²) in [6.45, 7) is 6.09. The summed E-state index contributed by atoms with van der Waals surface area (Å²) in [7, 11) is 0. The third-order valence-electron chi connectivity index (χ3n) is 1.83. The van der Waals surface area contributed by atoms with Crippen molar-refractivity contribution in [2.75, 3.05) is 19.8 Å². The monoisotopic (exact) mass is 306 g/mol. The second-order valence-electron chi connectivity index (χ2n) is 3.89. The van der Waals surface area contributed by atoms with Crippen LogP contribution in [0.5, 0.6) is 5.75 Å². The smallest absolute Gasteiger partial charge is 0.139 e. The zero-order valence-electron chi connectivity index (χ0n) is 9.50. The van der Waals surface area contributed by atoms with Crippen LogP contribution in [-0.2, 0) is 4.74 Å². The van der Waals surface area contributed by atoms with Gasteiger partial charge >= 0.3 is 0 Å². The van der Waals surface area contributed by atoms with E-state index in [1.54, 1.807) is 6.07 Å². The van der Waals surface area contributed by atoms with Gasteiger partial charge in [-0.3, -0.25) is 0 Å². The molecule has 2 nitrogen and oxygen atoms in total. The van der Waals surface area contributed by atoms with Gasteiger partial charge in [-0.15, -0.1) is 0 Å². The highest BCUT2D eigenvalue weighted by molar-refractivity contribution is 9.10. The van der Waals surface area contributed by atoms with Crippen LogP contribution < -0.4 is 4.74 Å². The minimum Gasteiger partial charge on any atom is -0.490 e. The van der Waals surface area contributed by atoms with Crippen LogP contribution in [-0.4, -0.2) is 19.8 Å². The van der Waals surface area contributed by atoms with E-state index in [1.165, 1.54) is 0 Å². The highest BCUT2D eigenvalue weighted by atomic mass is 79.9. The molecule has 0 radical (unpaired) electrons. The lowest BCUT2D eigenvalue weighted by Crippen LogP contribution is -2.10. The van der Waals surface area contributed by atoms with E-state index < -0.39 is 0 Å². The summed E-state index contributed by atoms with van der Waals surface area (Å²) in [6, 6.07) is 5.53.